The van der Waals surface area contributed by atoms with Gasteiger partial charge in [-0.15, -0.1) is 0 Å². The molecule has 0 aromatic rings. The molecule has 1 rings (SSSR count). The van der Waals surface area contributed by atoms with E-state index in [4.69, 9.17) is 5.11 Å². The molecule has 1 heterocycles. The Balaban J connectivity index is 2.06. The van der Waals surface area contributed by atoms with Crippen molar-refractivity contribution in [2.75, 3.05) is 33.2 Å². The summed E-state index contributed by atoms with van der Waals surface area (Å²) in [5.41, 5.74) is 0. The highest BCUT2D eigenvalue weighted by atomic mass is 16.3. The molecular weight excluding hydrogens is 164 g/mol. The minimum Gasteiger partial charge on any atom is -0.392 e. The first-order chi connectivity index (χ1) is 6.18. The Hall–Kier alpha value is -0.120. The molecule has 3 nitrogen and oxygen atoms in total. The van der Waals surface area contributed by atoms with E-state index in [1.807, 2.05) is 6.92 Å². The van der Waals surface area contributed by atoms with Gasteiger partial charge in [-0.3, -0.25) is 0 Å². The van der Waals surface area contributed by atoms with Gasteiger partial charge in [0.2, 0.25) is 0 Å². The van der Waals surface area contributed by atoms with Gasteiger partial charge in [-0.25, -0.2) is 0 Å². The van der Waals surface area contributed by atoms with E-state index in [0.717, 1.165) is 19.0 Å². The second-order valence-corrected chi connectivity index (χ2v) is 4.28. The van der Waals surface area contributed by atoms with Crippen LogP contribution in [0.2, 0.25) is 0 Å². The van der Waals surface area contributed by atoms with Crippen LogP contribution in [0.25, 0.3) is 0 Å². The van der Waals surface area contributed by atoms with Gasteiger partial charge in [0.05, 0.1) is 6.10 Å². The lowest BCUT2D eigenvalue weighted by Crippen LogP contribution is -2.38. The number of rotatable bonds is 4. The summed E-state index contributed by atoms with van der Waals surface area (Å²) in [6, 6.07) is 0. The number of hydrogen-bond acceptors (Lipinski definition) is 3. The third kappa shape index (κ3) is 4.60. The lowest BCUT2D eigenvalue weighted by Gasteiger charge is -2.29. The topological polar surface area (TPSA) is 35.5 Å². The van der Waals surface area contributed by atoms with Crippen LogP contribution in [0.5, 0.6) is 0 Å². The molecule has 78 valence electrons. The fourth-order valence-corrected chi connectivity index (χ4v) is 1.94. The van der Waals surface area contributed by atoms with Gasteiger partial charge >= 0.3 is 0 Å². The predicted molar refractivity (Wildman–Crippen MR) is 54.8 cm³/mol. The average molecular weight is 186 g/mol. The molecule has 0 saturated carbocycles. The molecule has 1 unspecified atom stereocenters. The number of aliphatic hydroxyl groups excluding tert-OH is 1. The van der Waals surface area contributed by atoms with E-state index in [2.05, 4.69) is 17.3 Å². The fraction of sp³-hybridized carbons (Fsp3) is 1.00. The molecule has 13 heavy (non-hydrogen) atoms. The lowest BCUT2D eigenvalue weighted by atomic mass is 9.98. The molecule has 0 bridgehead atoms. The van der Waals surface area contributed by atoms with Crippen LogP contribution in [0.15, 0.2) is 0 Å². The zero-order chi connectivity index (χ0) is 9.68. The van der Waals surface area contributed by atoms with Crippen LogP contribution < -0.4 is 5.32 Å². The SMILES string of the molecule is C[C@@H](O)CNCC1CCCN(C)C1. The third-order valence-electron chi connectivity index (χ3n) is 2.59. The van der Waals surface area contributed by atoms with Crippen molar-refractivity contribution in [2.24, 2.45) is 5.92 Å². The normalized spacial score (nSPS) is 27.5. The molecule has 1 aliphatic rings. The summed E-state index contributed by atoms with van der Waals surface area (Å²) in [4.78, 5) is 2.39. The Morgan fingerprint density at radius 2 is 2.38 bits per heavy atom. The van der Waals surface area contributed by atoms with Gasteiger partial charge in [-0.05, 0) is 45.8 Å². The molecule has 1 saturated heterocycles. The molecule has 0 aromatic carbocycles. The minimum absolute atomic E-state index is 0.221. The summed E-state index contributed by atoms with van der Waals surface area (Å²) < 4.78 is 0. The summed E-state index contributed by atoms with van der Waals surface area (Å²) in [5.74, 6) is 0.775. The number of nitrogens with one attached hydrogen (secondary N) is 1. The number of hydrogen-bond donors (Lipinski definition) is 2. The molecule has 0 amide bonds. The van der Waals surface area contributed by atoms with Gasteiger partial charge in [-0.1, -0.05) is 0 Å². The van der Waals surface area contributed by atoms with E-state index in [1.54, 1.807) is 0 Å². The number of piperidine rings is 1. The maximum absolute atomic E-state index is 9.06. The molecule has 3 heteroatoms. The summed E-state index contributed by atoms with van der Waals surface area (Å²) >= 11 is 0. The Morgan fingerprint density at radius 1 is 1.62 bits per heavy atom. The summed E-state index contributed by atoms with van der Waals surface area (Å²) in [5, 5.41) is 12.4. The van der Waals surface area contributed by atoms with Crippen molar-refractivity contribution in [3.05, 3.63) is 0 Å². The second-order valence-electron chi connectivity index (χ2n) is 4.28. The lowest BCUT2D eigenvalue weighted by molar-refractivity contribution is 0.175. The highest BCUT2D eigenvalue weighted by Crippen LogP contribution is 2.13. The monoisotopic (exact) mass is 186 g/mol. The van der Waals surface area contributed by atoms with Gasteiger partial charge in [-0.2, -0.15) is 0 Å². The van der Waals surface area contributed by atoms with Crippen molar-refractivity contribution in [3.8, 4) is 0 Å². The van der Waals surface area contributed by atoms with E-state index in [9.17, 15) is 0 Å². The van der Waals surface area contributed by atoms with Crippen LogP contribution in [-0.4, -0.2) is 49.3 Å². The Kier molecular flexibility index (Phi) is 4.70. The smallest absolute Gasteiger partial charge is 0.0636 e. The molecule has 1 fully saturated rings. The number of likely N-dealkylation sites (tertiary alicyclic amines) is 1. The third-order valence-corrected chi connectivity index (χ3v) is 2.59. The van der Waals surface area contributed by atoms with E-state index < -0.39 is 0 Å². The summed E-state index contributed by atoms with van der Waals surface area (Å²) in [6.07, 6.45) is 2.43. The largest absolute Gasteiger partial charge is 0.392 e. The van der Waals surface area contributed by atoms with Gasteiger partial charge in [0.25, 0.3) is 0 Å². The average Bonchev–Trinajstić information content (AvgIpc) is 2.03. The van der Waals surface area contributed by atoms with Crippen LogP contribution in [-0.2, 0) is 0 Å². The van der Waals surface area contributed by atoms with Gasteiger partial charge in [0.15, 0.2) is 0 Å². The number of nitrogens with zero attached hydrogens (tertiary/aromatic N) is 1. The van der Waals surface area contributed by atoms with Crippen LogP contribution in [0.1, 0.15) is 19.8 Å². The molecule has 2 atom stereocenters. The van der Waals surface area contributed by atoms with Crippen LogP contribution >= 0.6 is 0 Å². The first kappa shape index (κ1) is 11.0. The highest BCUT2D eigenvalue weighted by molar-refractivity contribution is 4.72. The predicted octanol–water partition coefficient (Wildman–Crippen LogP) is 0.299. The summed E-state index contributed by atoms with van der Waals surface area (Å²) in [6.45, 7) is 6.04. The Bertz CT molecular complexity index is 139. The van der Waals surface area contributed by atoms with Gasteiger partial charge < -0.3 is 15.3 Å². The van der Waals surface area contributed by atoms with E-state index in [1.165, 1.54) is 25.9 Å². The van der Waals surface area contributed by atoms with Crippen molar-refractivity contribution < 1.29 is 5.11 Å². The minimum atomic E-state index is -0.221. The maximum Gasteiger partial charge on any atom is 0.0636 e. The maximum atomic E-state index is 9.06. The molecule has 0 aliphatic carbocycles. The van der Waals surface area contributed by atoms with Crippen molar-refractivity contribution in [1.82, 2.24) is 10.2 Å². The van der Waals surface area contributed by atoms with Crippen LogP contribution in [0.3, 0.4) is 0 Å². The van der Waals surface area contributed by atoms with Crippen molar-refractivity contribution >= 4 is 0 Å². The number of aliphatic hydroxyl groups is 1. The molecular formula is C10H22N2O. The van der Waals surface area contributed by atoms with Crippen LogP contribution in [0, 0.1) is 5.92 Å². The Labute approximate surface area is 81.1 Å². The van der Waals surface area contributed by atoms with E-state index >= 15 is 0 Å². The molecule has 0 radical (unpaired) electrons. The highest BCUT2D eigenvalue weighted by Gasteiger charge is 2.16. The first-order valence-corrected chi connectivity index (χ1v) is 5.26. The van der Waals surface area contributed by atoms with E-state index in [-0.39, 0.29) is 6.10 Å². The fourth-order valence-electron chi connectivity index (χ4n) is 1.94. The van der Waals surface area contributed by atoms with Gasteiger partial charge in [0, 0.05) is 13.1 Å². The summed E-state index contributed by atoms with van der Waals surface area (Å²) in [7, 11) is 2.18. The molecule has 1 aliphatic heterocycles. The van der Waals surface area contributed by atoms with E-state index in [0.29, 0.717) is 0 Å². The molecule has 0 spiro atoms. The quantitative estimate of drug-likeness (QED) is 0.663. The standard InChI is InChI=1S/C10H22N2O/c1-9(13)6-11-7-10-4-3-5-12(2)8-10/h9-11,13H,3-8H2,1-2H3/t9-,10?/m1/s1. The van der Waals surface area contributed by atoms with Crippen molar-refractivity contribution in [1.29, 1.82) is 0 Å². The van der Waals surface area contributed by atoms with Crippen molar-refractivity contribution in [3.63, 3.8) is 0 Å². The molecule has 0 aromatic heterocycles. The van der Waals surface area contributed by atoms with Gasteiger partial charge in [0.1, 0.15) is 0 Å². The molecule has 2 N–H and O–H groups in total. The zero-order valence-electron chi connectivity index (χ0n) is 8.79. The van der Waals surface area contributed by atoms with Crippen LogP contribution in [0.4, 0.5) is 0 Å². The zero-order valence-corrected chi connectivity index (χ0v) is 8.79. The Morgan fingerprint density at radius 3 is 3.00 bits per heavy atom. The van der Waals surface area contributed by atoms with Crippen molar-refractivity contribution in [2.45, 2.75) is 25.9 Å². The first-order valence-electron chi connectivity index (χ1n) is 5.26. The second kappa shape index (κ2) is 5.58.